The van der Waals surface area contributed by atoms with Gasteiger partial charge in [-0.2, -0.15) is 0 Å². The van der Waals surface area contributed by atoms with Gasteiger partial charge in [0.1, 0.15) is 0 Å². The molecule has 0 spiro atoms. The predicted octanol–water partition coefficient (Wildman–Crippen LogP) is 1.74. The van der Waals surface area contributed by atoms with E-state index in [4.69, 9.17) is 0 Å². The lowest BCUT2D eigenvalue weighted by molar-refractivity contribution is 0.531. The molecule has 0 saturated heterocycles. The van der Waals surface area contributed by atoms with Crippen LogP contribution < -0.4 is 4.72 Å². The lowest BCUT2D eigenvalue weighted by Gasteiger charge is -2.13. The normalized spacial score (nSPS) is 20.0. The van der Waals surface area contributed by atoms with Gasteiger partial charge >= 0.3 is 0 Å². The fourth-order valence-electron chi connectivity index (χ4n) is 1.30. The van der Waals surface area contributed by atoms with Crippen molar-refractivity contribution >= 4 is 26.0 Å². The fourth-order valence-corrected chi connectivity index (χ4v) is 3.58. The van der Waals surface area contributed by atoms with Crippen LogP contribution in [0.15, 0.2) is 0 Å². The third-order valence-electron chi connectivity index (χ3n) is 2.46. The molecule has 0 aromatic rings. The van der Waals surface area contributed by atoms with Crippen molar-refractivity contribution in [3.05, 3.63) is 0 Å². The molecule has 0 aromatic heterocycles. The van der Waals surface area contributed by atoms with Crippen LogP contribution in [0, 0.1) is 11.3 Å². The van der Waals surface area contributed by atoms with Gasteiger partial charge in [0.2, 0.25) is 10.0 Å². The highest BCUT2D eigenvalue weighted by Gasteiger charge is 2.41. The number of halogens is 1. The number of rotatable bonds is 6. The average molecular weight is 284 g/mol. The van der Waals surface area contributed by atoms with Gasteiger partial charge in [-0.3, -0.25) is 0 Å². The van der Waals surface area contributed by atoms with Crippen molar-refractivity contribution in [1.82, 2.24) is 4.72 Å². The van der Waals surface area contributed by atoms with E-state index in [9.17, 15) is 8.42 Å². The van der Waals surface area contributed by atoms with Gasteiger partial charge in [0.15, 0.2) is 0 Å². The Kier molecular flexibility index (Phi) is 4.00. The first-order valence-corrected chi connectivity index (χ1v) is 7.70. The Bertz CT molecular complexity index is 283. The number of hydrogen-bond acceptors (Lipinski definition) is 2. The molecule has 1 aliphatic rings. The van der Waals surface area contributed by atoms with E-state index >= 15 is 0 Å². The van der Waals surface area contributed by atoms with Crippen LogP contribution >= 0.6 is 15.9 Å². The third kappa shape index (κ3) is 3.87. The van der Waals surface area contributed by atoms with Crippen LogP contribution in [0.2, 0.25) is 0 Å². The summed E-state index contributed by atoms with van der Waals surface area (Å²) in [4.78, 5) is 0. The van der Waals surface area contributed by atoms with E-state index in [2.05, 4.69) is 20.7 Å². The van der Waals surface area contributed by atoms with Gasteiger partial charge in [-0.15, -0.1) is 0 Å². The molecule has 1 saturated carbocycles. The quantitative estimate of drug-likeness (QED) is 0.755. The van der Waals surface area contributed by atoms with Crippen LogP contribution in [-0.4, -0.2) is 26.0 Å². The predicted molar refractivity (Wildman–Crippen MR) is 62.1 cm³/mol. The van der Waals surface area contributed by atoms with E-state index in [1.807, 2.05) is 13.8 Å². The number of sulfonamides is 1. The molecule has 14 heavy (non-hydrogen) atoms. The zero-order valence-corrected chi connectivity index (χ0v) is 11.1. The van der Waals surface area contributed by atoms with E-state index in [0.29, 0.717) is 6.54 Å². The molecule has 0 radical (unpaired) electrons. The molecule has 1 rings (SSSR count). The summed E-state index contributed by atoms with van der Waals surface area (Å²) >= 11 is 3.42. The molecule has 1 aliphatic carbocycles. The Morgan fingerprint density at radius 1 is 1.43 bits per heavy atom. The Labute approximate surface area is 94.8 Å². The number of nitrogens with one attached hydrogen (secondary N) is 1. The van der Waals surface area contributed by atoms with Crippen LogP contribution in [0.5, 0.6) is 0 Å². The maximum absolute atomic E-state index is 11.5. The van der Waals surface area contributed by atoms with Crippen molar-refractivity contribution in [3.63, 3.8) is 0 Å². The second-order valence-electron chi connectivity index (χ2n) is 4.63. The summed E-state index contributed by atoms with van der Waals surface area (Å²) in [5, 5.41) is 0.893. The molecule has 84 valence electrons. The molecule has 0 atom stereocenters. The second kappa shape index (κ2) is 4.49. The van der Waals surface area contributed by atoms with Gasteiger partial charge in [-0.25, -0.2) is 13.1 Å². The molecule has 1 fully saturated rings. The monoisotopic (exact) mass is 283 g/mol. The molecule has 5 heteroatoms. The smallest absolute Gasteiger partial charge is 0.211 e. The van der Waals surface area contributed by atoms with E-state index in [-0.39, 0.29) is 17.1 Å². The van der Waals surface area contributed by atoms with Crippen molar-refractivity contribution in [1.29, 1.82) is 0 Å². The van der Waals surface area contributed by atoms with Crippen molar-refractivity contribution in [2.45, 2.75) is 26.7 Å². The molecule has 3 nitrogen and oxygen atoms in total. The summed E-state index contributed by atoms with van der Waals surface area (Å²) in [6, 6.07) is 0. The number of hydrogen-bond donors (Lipinski definition) is 1. The molecule has 0 amide bonds. The minimum atomic E-state index is -3.05. The summed E-state index contributed by atoms with van der Waals surface area (Å²) in [5.74, 6) is 0.414. The van der Waals surface area contributed by atoms with Gasteiger partial charge in [-0.05, 0) is 24.2 Å². The first-order chi connectivity index (χ1) is 6.39. The first-order valence-electron chi connectivity index (χ1n) is 4.92. The maximum Gasteiger partial charge on any atom is 0.211 e. The van der Waals surface area contributed by atoms with Gasteiger partial charge in [0.25, 0.3) is 0 Å². The van der Waals surface area contributed by atoms with Crippen molar-refractivity contribution in [2.75, 3.05) is 17.6 Å². The Hall–Kier alpha value is 0.390. The van der Waals surface area contributed by atoms with Crippen LogP contribution in [0.4, 0.5) is 0 Å². The Balaban J connectivity index is 2.37. The van der Waals surface area contributed by atoms with E-state index in [0.717, 1.165) is 18.2 Å². The minimum absolute atomic E-state index is 0.187. The Morgan fingerprint density at radius 2 is 2.00 bits per heavy atom. The summed E-state index contributed by atoms with van der Waals surface area (Å²) in [7, 11) is -3.05. The lowest BCUT2D eigenvalue weighted by Crippen LogP contribution is -2.34. The summed E-state index contributed by atoms with van der Waals surface area (Å²) in [5.41, 5.74) is 0.212. The molecule has 0 unspecified atom stereocenters. The van der Waals surface area contributed by atoms with Gasteiger partial charge < -0.3 is 0 Å². The standard InChI is InChI=1S/C9H18BrNO2S/c1-8(2)5-14(12,13)11-7-9(6-10)3-4-9/h8,11H,3-7H2,1-2H3. The molecule has 0 aromatic carbocycles. The summed E-state index contributed by atoms with van der Waals surface area (Å²) in [6.07, 6.45) is 2.25. The summed E-state index contributed by atoms with van der Waals surface area (Å²) in [6.45, 7) is 4.42. The highest BCUT2D eigenvalue weighted by atomic mass is 79.9. The number of alkyl halides is 1. The van der Waals surface area contributed by atoms with Crippen LogP contribution in [0.3, 0.4) is 0 Å². The highest BCUT2D eigenvalue weighted by Crippen LogP contribution is 2.46. The first kappa shape index (κ1) is 12.5. The lowest BCUT2D eigenvalue weighted by atomic mass is 10.1. The molecule has 1 N–H and O–H groups in total. The van der Waals surface area contributed by atoms with Crippen molar-refractivity contribution in [2.24, 2.45) is 11.3 Å². The van der Waals surface area contributed by atoms with Gasteiger partial charge in [-0.1, -0.05) is 29.8 Å². The van der Waals surface area contributed by atoms with E-state index < -0.39 is 10.0 Å². The Morgan fingerprint density at radius 3 is 2.36 bits per heavy atom. The fraction of sp³-hybridized carbons (Fsp3) is 1.00. The average Bonchev–Trinajstić information content (AvgIpc) is 2.79. The van der Waals surface area contributed by atoms with Crippen molar-refractivity contribution in [3.8, 4) is 0 Å². The SMILES string of the molecule is CC(C)CS(=O)(=O)NCC1(CBr)CC1. The topological polar surface area (TPSA) is 46.2 Å². The molecule has 0 heterocycles. The minimum Gasteiger partial charge on any atom is -0.215 e. The van der Waals surface area contributed by atoms with Gasteiger partial charge in [0, 0.05) is 11.9 Å². The zero-order valence-electron chi connectivity index (χ0n) is 8.72. The second-order valence-corrected chi connectivity index (χ2v) is 7.04. The van der Waals surface area contributed by atoms with Crippen LogP contribution in [0.25, 0.3) is 0 Å². The van der Waals surface area contributed by atoms with Crippen LogP contribution in [-0.2, 0) is 10.0 Å². The third-order valence-corrected chi connectivity index (χ3v) is 5.34. The van der Waals surface area contributed by atoms with E-state index in [1.165, 1.54) is 0 Å². The van der Waals surface area contributed by atoms with Gasteiger partial charge in [0.05, 0.1) is 5.75 Å². The largest absolute Gasteiger partial charge is 0.215 e. The maximum atomic E-state index is 11.5. The molecular weight excluding hydrogens is 266 g/mol. The molecule has 0 bridgehead atoms. The van der Waals surface area contributed by atoms with Crippen molar-refractivity contribution < 1.29 is 8.42 Å². The molecular formula is C9H18BrNO2S. The highest BCUT2D eigenvalue weighted by molar-refractivity contribution is 9.09. The molecule has 0 aliphatic heterocycles. The van der Waals surface area contributed by atoms with Crippen LogP contribution in [0.1, 0.15) is 26.7 Å². The zero-order chi connectivity index (χ0) is 10.8. The van der Waals surface area contributed by atoms with E-state index in [1.54, 1.807) is 0 Å². The summed E-state index contributed by atoms with van der Waals surface area (Å²) < 4.78 is 25.7.